The SMILES string of the molecule is COC(=O)C1=C(C)N(C[C@@H]2CCCO2)C(=O)/C1=C\c1c(Cl)cccc1Cl. The summed E-state index contributed by atoms with van der Waals surface area (Å²) in [5.74, 6) is -0.852. The minimum absolute atomic E-state index is 0.0314. The van der Waals surface area contributed by atoms with Gasteiger partial charge in [0, 0.05) is 27.9 Å². The fourth-order valence-electron chi connectivity index (χ4n) is 3.23. The molecule has 1 aromatic carbocycles. The number of ether oxygens (including phenoxy) is 2. The van der Waals surface area contributed by atoms with Gasteiger partial charge in [-0.3, -0.25) is 4.79 Å². The summed E-state index contributed by atoms with van der Waals surface area (Å²) in [4.78, 5) is 26.9. The van der Waals surface area contributed by atoms with Crippen LogP contribution < -0.4 is 0 Å². The molecule has 26 heavy (non-hydrogen) atoms. The van der Waals surface area contributed by atoms with Crippen molar-refractivity contribution in [3.05, 3.63) is 50.7 Å². The Balaban J connectivity index is 2.04. The van der Waals surface area contributed by atoms with E-state index >= 15 is 0 Å². The van der Waals surface area contributed by atoms with Crippen molar-refractivity contribution in [2.75, 3.05) is 20.3 Å². The van der Waals surface area contributed by atoms with E-state index in [2.05, 4.69) is 0 Å². The molecule has 2 aliphatic rings. The number of rotatable bonds is 4. The molecule has 1 fully saturated rings. The second-order valence-electron chi connectivity index (χ2n) is 6.20. The van der Waals surface area contributed by atoms with Crippen LogP contribution in [0.25, 0.3) is 6.08 Å². The predicted molar refractivity (Wildman–Crippen MR) is 99.8 cm³/mol. The lowest BCUT2D eigenvalue weighted by Crippen LogP contribution is -2.33. The highest BCUT2D eigenvalue weighted by Crippen LogP contribution is 2.35. The molecular weight excluding hydrogens is 377 g/mol. The zero-order valence-corrected chi connectivity index (χ0v) is 16.1. The lowest BCUT2D eigenvalue weighted by molar-refractivity contribution is -0.136. The van der Waals surface area contributed by atoms with Crippen LogP contribution in [0.5, 0.6) is 0 Å². The minimum Gasteiger partial charge on any atom is -0.465 e. The van der Waals surface area contributed by atoms with E-state index in [9.17, 15) is 9.59 Å². The first-order chi connectivity index (χ1) is 12.4. The van der Waals surface area contributed by atoms with Crippen molar-refractivity contribution in [2.45, 2.75) is 25.9 Å². The summed E-state index contributed by atoms with van der Waals surface area (Å²) in [6.45, 7) is 2.82. The van der Waals surface area contributed by atoms with Crippen LogP contribution in [0, 0.1) is 0 Å². The van der Waals surface area contributed by atoms with Crippen LogP contribution in [-0.4, -0.2) is 43.1 Å². The summed E-state index contributed by atoms with van der Waals surface area (Å²) in [5, 5.41) is 0.800. The second-order valence-corrected chi connectivity index (χ2v) is 7.01. The number of carbonyl (C=O) groups excluding carboxylic acids is 2. The Morgan fingerprint density at radius 2 is 2.08 bits per heavy atom. The number of amides is 1. The summed E-state index contributed by atoms with van der Waals surface area (Å²) in [7, 11) is 1.29. The molecule has 0 unspecified atom stereocenters. The molecule has 0 radical (unpaired) electrons. The summed E-state index contributed by atoms with van der Waals surface area (Å²) < 4.78 is 10.5. The van der Waals surface area contributed by atoms with E-state index in [0.29, 0.717) is 34.5 Å². The lowest BCUT2D eigenvalue weighted by atomic mass is 10.0. The molecule has 2 aliphatic heterocycles. The first kappa shape index (κ1) is 19.0. The van der Waals surface area contributed by atoms with Gasteiger partial charge in [-0.1, -0.05) is 29.3 Å². The van der Waals surface area contributed by atoms with Gasteiger partial charge in [0.1, 0.15) is 0 Å². The van der Waals surface area contributed by atoms with Crippen molar-refractivity contribution >= 4 is 41.2 Å². The Bertz CT molecular complexity index is 790. The molecule has 7 heteroatoms. The normalized spacial score (nSPS) is 21.8. The van der Waals surface area contributed by atoms with E-state index in [1.807, 2.05) is 0 Å². The van der Waals surface area contributed by atoms with Crippen LogP contribution in [-0.2, 0) is 19.1 Å². The number of benzene rings is 1. The Morgan fingerprint density at radius 3 is 2.65 bits per heavy atom. The smallest absolute Gasteiger partial charge is 0.340 e. The zero-order chi connectivity index (χ0) is 18.8. The number of hydrogen-bond donors (Lipinski definition) is 0. The zero-order valence-electron chi connectivity index (χ0n) is 14.6. The van der Waals surface area contributed by atoms with Crippen LogP contribution in [0.3, 0.4) is 0 Å². The molecule has 1 saturated heterocycles. The first-order valence-corrected chi connectivity index (χ1v) is 9.08. The quantitative estimate of drug-likeness (QED) is 0.573. The number of esters is 1. The molecular formula is C19H19Cl2NO4. The molecule has 3 rings (SSSR count). The van der Waals surface area contributed by atoms with Crippen molar-refractivity contribution in [3.8, 4) is 0 Å². The van der Waals surface area contributed by atoms with Crippen molar-refractivity contribution in [2.24, 2.45) is 0 Å². The van der Waals surface area contributed by atoms with E-state index in [-0.39, 0.29) is 23.2 Å². The maximum atomic E-state index is 13.0. The Labute approximate surface area is 162 Å². The fraction of sp³-hybridized carbons (Fsp3) is 0.368. The Kier molecular flexibility index (Phi) is 5.70. The summed E-state index contributed by atoms with van der Waals surface area (Å²) in [6, 6.07) is 5.07. The summed E-state index contributed by atoms with van der Waals surface area (Å²) in [5.41, 5.74) is 1.49. The highest BCUT2D eigenvalue weighted by atomic mass is 35.5. The Hall–Kier alpha value is -1.82. The third kappa shape index (κ3) is 3.52. The van der Waals surface area contributed by atoms with Crippen LogP contribution in [0.4, 0.5) is 0 Å². The third-order valence-corrected chi connectivity index (χ3v) is 5.26. The summed E-state index contributed by atoms with van der Waals surface area (Å²) in [6.07, 6.45) is 3.38. The molecule has 138 valence electrons. The van der Waals surface area contributed by atoms with Gasteiger partial charge in [-0.15, -0.1) is 0 Å². The molecule has 0 bridgehead atoms. The van der Waals surface area contributed by atoms with E-state index in [1.54, 1.807) is 36.1 Å². The van der Waals surface area contributed by atoms with E-state index in [1.165, 1.54) is 7.11 Å². The van der Waals surface area contributed by atoms with Gasteiger partial charge in [-0.2, -0.15) is 0 Å². The number of nitrogens with zero attached hydrogens (tertiary/aromatic N) is 1. The molecule has 0 aliphatic carbocycles. The largest absolute Gasteiger partial charge is 0.465 e. The van der Waals surface area contributed by atoms with Crippen LogP contribution >= 0.6 is 23.2 Å². The highest BCUT2D eigenvalue weighted by Gasteiger charge is 2.38. The number of carbonyl (C=O) groups is 2. The van der Waals surface area contributed by atoms with Crippen molar-refractivity contribution in [1.82, 2.24) is 4.90 Å². The lowest BCUT2D eigenvalue weighted by Gasteiger charge is -2.21. The van der Waals surface area contributed by atoms with Gasteiger partial charge in [-0.05, 0) is 38.0 Å². The maximum absolute atomic E-state index is 13.0. The van der Waals surface area contributed by atoms with E-state index in [0.717, 1.165) is 12.8 Å². The average molecular weight is 396 g/mol. The van der Waals surface area contributed by atoms with E-state index in [4.69, 9.17) is 32.7 Å². The maximum Gasteiger partial charge on any atom is 0.340 e. The predicted octanol–water partition coefficient (Wildman–Crippen LogP) is 3.85. The van der Waals surface area contributed by atoms with Gasteiger partial charge in [0.15, 0.2) is 0 Å². The molecule has 0 aromatic heterocycles. The van der Waals surface area contributed by atoms with Crippen molar-refractivity contribution < 1.29 is 19.1 Å². The number of halogens is 2. The average Bonchev–Trinajstić information content (AvgIpc) is 3.20. The van der Waals surface area contributed by atoms with E-state index < -0.39 is 5.97 Å². The van der Waals surface area contributed by atoms with Gasteiger partial charge in [0.05, 0.1) is 30.9 Å². The third-order valence-electron chi connectivity index (χ3n) is 4.60. The number of hydrogen-bond acceptors (Lipinski definition) is 4. The van der Waals surface area contributed by atoms with Crippen molar-refractivity contribution in [3.63, 3.8) is 0 Å². The minimum atomic E-state index is -0.569. The van der Waals surface area contributed by atoms with Gasteiger partial charge >= 0.3 is 5.97 Å². The molecule has 0 spiro atoms. The standard InChI is InChI=1S/C19H19Cl2NO4/c1-11-17(19(24)25-2)14(9-13-15(20)6-3-7-16(13)21)18(23)22(11)10-12-5-4-8-26-12/h3,6-7,9,12H,4-5,8,10H2,1-2H3/b14-9-/t12-/m0/s1. The van der Waals surface area contributed by atoms with Gasteiger partial charge in [0.2, 0.25) is 0 Å². The van der Waals surface area contributed by atoms with Gasteiger partial charge in [-0.25, -0.2) is 4.79 Å². The molecule has 5 nitrogen and oxygen atoms in total. The topological polar surface area (TPSA) is 55.8 Å². The monoisotopic (exact) mass is 395 g/mol. The molecule has 2 heterocycles. The van der Waals surface area contributed by atoms with Crippen LogP contribution in [0.15, 0.2) is 35.0 Å². The summed E-state index contributed by atoms with van der Waals surface area (Å²) >= 11 is 12.4. The number of allylic oxidation sites excluding steroid dienone is 1. The molecule has 0 saturated carbocycles. The van der Waals surface area contributed by atoms with Crippen LogP contribution in [0.1, 0.15) is 25.3 Å². The van der Waals surface area contributed by atoms with Gasteiger partial charge in [0.25, 0.3) is 5.91 Å². The number of methoxy groups -OCH3 is 1. The fourth-order valence-corrected chi connectivity index (χ4v) is 3.74. The molecule has 1 aromatic rings. The molecule has 1 amide bonds. The first-order valence-electron chi connectivity index (χ1n) is 8.32. The van der Waals surface area contributed by atoms with Crippen molar-refractivity contribution in [1.29, 1.82) is 0 Å². The van der Waals surface area contributed by atoms with Gasteiger partial charge < -0.3 is 14.4 Å². The Morgan fingerprint density at radius 1 is 1.38 bits per heavy atom. The second kappa shape index (κ2) is 7.82. The molecule has 1 atom stereocenters. The van der Waals surface area contributed by atoms with Crippen LogP contribution in [0.2, 0.25) is 10.0 Å². The highest BCUT2D eigenvalue weighted by molar-refractivity contribution is 6.37. The molecule has 0 N–H and O–H groups in total.